The molecule has 2 aliphatic rings. The number of para-hydroxylation sites is 1. The van der Waals surface area contributed by atoms with Gasteiger partial charge in [-0.2, -0.15) is 0 Å². The number of likely N-dealkylation sites (N-methyl/N-ethyl adjacent to an activating group) is 1. The highest BCUT2D eigenvalue weighted by molar-refractivity contribution is 5.99. The smallest absolute Gasteiger partial charge is 0.258 e. The van der Waals surface area contributed by atoms with Crippen LogP contribution in [0.15, 0.2) is 36.4 Å². The summed E-state index contributed by atoms with van der Waals surface area (Å²) in [5.74, 6) is 2.09. The number of aliphatic hydroxyl groups is 1. The van der Waals surface area contributed by atoms with Gasteiger partial charge < -0.3 is 29.1 Å². The Morgan fingerprint density at radius 1 is 1.15 bits per heavy atom. The SMILES string of the molecule is C[C@H](CO)N1C[C@H](C)[C@@H](CN(C)Cc2ccc3c(c2)OCO3)Oc2c(cccc2N(C)C)C1=O. The van der Waals surface area contributed by atoms with E-state index < -0.39 is 0 Å². The Labute approximate surface area is 201 Å². The number of carbonyl (C=O) groups is 1. The lowest BCUT2D eigenvalue weighted by Crippen LogP contribution is -2.49. The van der Waals surface area contributed by atoms with Crippen LogP contribution < -0.4 is 19.1 Å². The molecule has 0 spiro atoms. The minimum absolute atomic E-state index is 0.0560. The third-order valence-electron chi connectivity index (χ3n) is 6.53. The molecule has 0 bridgehead atoms. The van der Waals surface area contributed by atoms with Crippen molar-refractivity contribution in [3.05, 3.63) is 47.5 Å². The van der Waals surface area contributed by atoms with Crippen LogP contribution in [-0.4, -0.2) is 80.6 Å². The Balaban J connectivity index is 1.60. The molecule has 0 unspecified atom stereocenters. The predicted molar refractivity (Wildman–Crippen MR) is 131 cm³/mol. The Morgan fingerprint density at radius 2 is 1.91 bits per heavy atom. The zero-order chi connectivity index (χ0) is 24.4. The van der Waals surface area contributed by atoms with Gasteiger partial charge in [-0.1, -0.05) is 19.1 Å². The topological polar surface area (TPSA) is 74.7 Å². The molecule has 8 nitrogen and oxygen atoms in total. The Kier molecular flexibility index (Phi) is 7.19. The summed E-state index contributed by atoms with van der Waals surface area (Å²) in [6.07, 6.45) is -0.152. The van der Waals surface area contributed by atoms with Crippen LogP contribution in [0.3, 0.4) is 0 Å². The van der Waals surface area contributed by atoms with Gasteiger partial charge in [0.05, 0.1) is 23.9 Å². The Hall–Kier alpha value is -2.97. The highest BCUT2D eigenvalue weighted by Gasteiger charge is 2.34. The van der Waals surface area contributed by atoms with Crippen LogP contribution in [0.5, 0.6) is 17.2 Å². The molecular formula is C26H35N3O5. The van der Waals surface area contributed by atoms with E-state index in [1.54, 1.807) is 4.90 Å². The van der Waals surface area contributed by atoms with Gasteiger partial charge in [-0.3, -0.25) is 9.69 Å². The minimum atomic E-state index is -0.282. The Morgan fingerprint density at radius 3 is 2.65 bits per heavy atom. The fourth-order valence-corrected chi connectivity index (χ4v) is 4.52. The number of hydrogen-bond acceptors (Lipinski definition) is 7. The van der Waals surface area contributed by atoms with Gasteiger partial charge in [0.15, 0.2) is 17.2 Å². The first-order chi connectivity index (χ1) is 16.3. The monoisotopic (exact) mass is 469 g/mol. The molecule has 0 saturated heterocycles. The van der Waals surface area contributed by atoms with E-state index in [9.17, 15) is 9.90 Å². The molecule has 4 rings (SSSR count). The molecule has 1 N–H and O–H groups in total. The quantitative estimate of drug-likeness (QED) is 0.668. The Bertz CT molecular complexity index is 1030. The van der Waals surface area contributed by atoms with E-state index in [0.29, 0.717) is 24.4 Å². The number of hydrogen-bond donors (Lipinski definition) is 1. The fraction of sp³-hybridized carbons (Fsp3) is 0.500. The largest absolute Gasteiger partial charge is 0.486 e. The van der Waals surface area contributed by atoms with Gasteiger partial charge in [0.1, 0.15) is 6.10 Å². The van der Waals surface area contributed by atoms with E-state index in [1.807, 2.05) is 56.3 Å². The summed E-state index contributed by atoms with van der Waals surface area (Å²) in [5.41, 5.74) is 2.52. The molecule has 0 aliphatic carbocycles. The maximum Gasteiger partial charge on any atom is 0.258 e. The van der Waals surface area contributed by atoms with Crippen LogP contribution >= 0.6 is 0 Å². The second-order valence-corrected chi connectivity index (χ2v) is 9.56. The van der Waals surface area contributed by atoms with Gasteiger partial charge in [-0.05, 0) is 43.8 Å². The van der Waals surface area contributed by atoms with E-state index >= 15 is 0 Å². The van der Waals surface area contributed by atoms with Crippen molar-refractivity contribution >= 4 is 11.6 Å². The molecule has 2 aromatic rings. The van der Waals surface area contributed by atoms with Gasteiger partial charge in [-0.25, -0.2) is 0 Å². The molecule has 0 radical (unpaired) electrons. The second-order valence-electron chi connectivity index (χ2n) is 9.56. The number of carbonyl (C=O) groups excluding carboxylic acids is 1. The van der Waals surface area contributed by atoms with Crippen LogP contribution in [0.1, 0.15) is 29.8 Å². The second kappa shape index (κ2) is 10.1. The summed E-state index contributed by atoms with van der Waals surface area (Å²) in [6.45, 7) is 6.06. The van der Waals surface area contributed by atoms with Gasteiger partial charge in [0.25, 0.3) is 5.91 Å². The number of fused-ring (bicyclic) bond motifs is 2. The van der Waals surface area contributed by atoms with E-state index in [1.165, 1.54) is 0 Å². The molecule has 2 aromatic carbocycles. The van der Waals surface area contributed by atoms with E-state index in [-0.39, 0.29) is 37.4 Å². The molecule has 1 amide bonds. The molecule has 3 atom stereocenters. The van der Waals surface area contributed by atoms with Crippen LogP contribution in [0.2, 0.25) is 0 Å². The third kappa shape index (κ3) is 4.93. The van der Waals surface area contributed by atoms with Crippen molar-refractivity contribution in [3.63, 3.8) is 0 Å². The molecule has 8 heteroatoms. The van der Waals surface area contributed by atoms with Crippen molar-refractivity contribution in [2.45, 2.75) is 32.5 Å². The molecule has 34 heavy (non-hydrogen) atoms. The predicted octanol–water partition coefficient (Wildman–Crippen LogP) is 2.83. The summed E-state index contributed by atoms with van der Waals surface area (Å²) >= 11 is 0. The highest BCUT2D eigenvalue weighted by Crippen LogP contribution is 2.36. The average Bonchev–Trinajstić information content (AvgIpc) is 3.28. The zero-order valence-corrected chi connectivity index (χ0v) is 20.7. The number of aliphatic hydroxyl groups excluding tert-OH is 1. The highest BCUT2D eigenvalue weighted by atomic mass is 16.7. The zero-order valence-electron chi connectivity index (χ0n) is 20.7. The van der Waals surface area contributed by atoms with Crippen LogP contribution in [0.25, 0.3) is 0 Å². The lowest BCUT2D eigenvalue weighted by Gasteiger charge is -2.39. The fourth-order valence-electron chi connectivity index (χ4n) is 4.52. The van der Waals surface area contributed by atoms with Gasteiger partial charge in [-0.15, -0.1) is 0 Å². The molecule has 0 aromatic heterocycles. The van der Waals surface area contributed by atoms with Crippen molar-refractivity contribution in [1.29, 1.82) is 0 Å². The number of rotatable bonds is 7. The summed E-state index contributed by atoms with van der Waals surface area (Å²) in [4.78, 5) is 19.4. The van der Waals surface area contributed by atoms with E-state index in [2.05, 4.69) is 24.9 Å². The van der Waals surface area contributed by atoms with Crippen molar-refractivity contribution in [2.75, 3.05) is 52.5 Å². The standard InChI is InChI=1S/C26H35N3O5/c1-17-12-29(18(2)15-30)26(31)20-7-6-8-21(27(3)4)25(20)34-24(17)14-28(5)13-19-9-10-22-23(11-19)33-16-32-22/h6-11,17-18,24,30H,12-16H2,1-5H3/t17-,18+,24+/m0/s1. The van der Waals surface area contributed by atoms with Gasteiger partial charge in [0.2, 0.25) is 6.79 Å². The summed E-state index contributed by atoms with van der Waals surface area (Å²) in [6, 6.07) is 11.4. The first kappa shape index (κ1) is 24.2. The number of ether oxygens (including phenoxy) is 3. The first-order valence-electron chi connectivity index (χ1n) is 11.7. The van der Waals surface area contributed by atoms with E-state index in [0.717, 1.165) is 29.3 Å². The van der Waals surface area contributed by atoms with Crippen molar-refractivity contribution < 1.29 is 24.1 Å². The molecule has 0 saturated carbocycles. The number of amides is 1. The van der Waals surface area contributed by atoms with Crippen LogP contribution in [0, 0.1) is 5.92 Å². The number of benzene rings is 2. The van der Waals surface area contributed by atoms with Crippen molar-refractivity contribution in [3.8, 4) is 17.2 Å². The minimum Gasteiger partial charge on any atom is -0.486 e. The van der Waals surface area contributed by atoms with E-state index in [4.69, 9.17) is 14.2 Å². The third-order valence-corrected chi connectivity index (χ3v) is 6.53. The van der Waals surface area contributed by atoms with Crippen molar-refractivity contribution in [2.24, 2.45) is 5.92 Å². The molecule has 2 aliphatic heterocycles. The number of nitrogens with zero attached hydrogens (tertiary/aromatic N) is 3. The number of anilines is 1. The lowest BCUT2D eigenvalue weighted by molar-refractivity contribution is 0.0343. The molecule has 2 heterocycles. The maximum atomic E-state index is 13.5. The first-order valence-corrected chi connectivity index (χ1v) is 11.7. The normalized spacial score (nSPS) is 20.4. The van der Waals surface area contributed by atoms with Gasteiger partial charge >= 0.3 is 0 Å². The van der Waals surface area contributed by atoms with Gasteiger partial charge in [0, 0.05) is 39.6 Å². The van der Waals surface area contributed by atoms with Crippen LogP contribution in [0.4, 0.5) is 5.69 Å². The summed E-state index contributed by atoms with van der Waals surface area (Å²) in [7, 11) is 5.96. The molecule has 0 fully saturated rings. The van der Waals surface area contributed by atoms with Crippen LogP contribution in [-0.2, 0) is 6.54 Å². The molecular weight excluding hydrogens is 434 g/mol. The lowest BCUT2D eigenvalue weighted by atomic mass is 9.98. The average molecular weight is 470 g/mol. The maximum absolute atomic E-state index is 13.5. The molecule has 184 valence electrons. The summed E-state index contributed by atoms with van der Waals surface area (Å²) in [5, 5.41) is 9.83. The summed E-state index contributed by atoms with van der Waals surface area (Å²) < 4.78 is 17.6. The van der Waals surface area contributed by atoms with Crippen molar-refractivity contribution in [1.82, 2.24) is 9.80 Å².